The van der Waals surface area contributed by atoms with Gasteiger partial charge in [0, 0.05) is 17.8 Å². The Morgan fingerprint density at radius 2 is 1.64 bits per heavy atom. The lowest BCUT2D eigenvalue weighted by Crippen LogP contribution is -2.36. The van der Waals surface area contributed by atoms with Crippen LogP contribution < -0.4 is 20.1 Å². The molecular weight excluding hydrogens is 442 g/mol. The number of hydrogen-bond acceptors (Lipinski definition) is 5. The molecule has 3 aromatic rings. The highest BCUT2D eigenvalue weighted by atomic mass is 32.2. The van der Waals surface area contributed by atoms with Gasteiger partial charge in [0.2, 0.25) is 5.91 Å². The maximum atomic E-state index is 12.7. The van der Waals surface area contributed by atoms with Gasteiger partial charge in [-0.15, -0.1) is 0 Å². The molecule has 0 aromatic heterocycles. The molecule has 0 aliphatic rings. The van der Waals surface area contributed by atoms with Crippen LogP contribution in [0.2, 0.25) is 0 Å². The first kappa shape index (κ1) is 23.8. The van der Waals surface area contributed by atoms with E-state index in [0.717, 1.165) is 16.9 Å². The predicted octanol–water partition coefficient (Wildman–Crippen LogP) is 2.85. The van der Waals surface area contributed by atoms with Gasteiger partial charge in [-0.3, -0.25) is 14.3 Å². The first-order valence-corrected chi connectivity index (χ1v) is 11.6. The molecule has 9 heteroatoms. The van der Waals surface area contributed by atoms with Crippen molar-refractivity contribution in [2.24, 2.45) is 0 Å². The SMILES string of the molecule is COc1ccc(CNC(=O)CNC(=O)c2cccc(S(=O)(=O)Nc3cccc(C)c3)c2)cc1. The Morgan fingerprint density at radius 3 is 2.33 bits per heavy atom. The van der Waals surface area contributed by atoms with Crippen LogP contribution in [0.5, 0.6) is 5.75 Å². The number of nitrogens with one attached hydrogen (secondary N) is 3. The summed E-state index contributed by atoms with van der Waals surface area (Å²) in [4.78, 5) is 24.5. The van der Waals surface area contributed by atoms with Gasteiger partial charge in [0.25, 0.3) is 15.9 Å². The fraction of sp³-hybridized carbons (Fsp3) is 0.167. The molecular formula is C24H25N3O5S. The largest absolute Gasteiger partial charge is 0.497 e. The zero-order valence-electron chi connectivity index (χ0n) is 18.3. The van der Waals surface area contributed by atoms with E-state index in [1.807, 2.05) is 25.1 Å². The molecule has 33 heavy (non-hydrogen) atoms. The van der Waals surface area contributed by atoms with Gasteiger partial charge in [0.15, 0.2) is 0 Å². The van der Waals surface area contributed by atoms with Gasteiger partial charge in [-0.2, -0.15) is 0 Å². The monoisotopic (exact) mass is 467 g/mol. The summed E-state index contributed by atoms with van der Waals surface area (Å²) in [6, 6.07) is 19.8. The molecule has 2 amide bonds. The molecule has 0 aliphatic heterocycles. The van der Waals surface area contributed by atoms with E-state index in [-0.39, 0.29) is 22.9 Å². The lowest BCUT2D eigenvalue weighted by atomic mass is 10.2. The van der Waals surface area contributed by atoms with Crippen LogP contribution in [0.4, 0.5) is 5.69 Å². The number of sulfonamides is 1. The third kappa shape index (κ3) is 6.81. The Kier molecular flexibility index (Phi) is 7.68. The van der Waals surface area contributed by atoms with Crippen LogP contribution in [0.3, 0.4) is 0 Å². The molecule has 0 fully saturated rings. The second-order valence-corrected chi connectivity index (χ2v) is 8.99. The van der Waals surface area contributed by atoms with Crippen molar-refractivity contribution in [3.05, 3.63) is 89.5 Å². The quantitative estimate of drug-likeness (QED) is 0.448. The Labute approximate surface area is 193 Å². The standard InChI is InChI=1S/C24H25N3O5S/c1-17-5-3-7-20(13-17)27-33(30,31)22-8-4-6-19(14-22)24(29)26-16-23(28)25-15-18-9-11-21(32-2)12-10-18/h3-14,27H,15-16H2,1-2H3,(H,25,28)(H,26,29). The summed E-state index contributed by atoms with van der Waals surface area (Å²) < 4.78 is 33.0. The van der Waals surface area contributed by atoms with Crippen LogP contribution in [0.25, 0.3) is 0 Å². The van der Waals surface area contributed by atoms with Crippen molar-refractivity contribution >= 4 is 27.5 Å². The highest BCUT2D eigenvalue weighted by Crippen LogP contribution is 2.18. The summed E-state index contributed by atoms with van der Waals surface area (Å²) in [6.45, 7) is 1.92. The van der Waals surface area contributed by atoms with Gasteiger partial charge in [-0.1, -0.05) is 30.3 Å². The summed E-state index contributed by atoms with van der Waals surface area (Å²) in [7, 11) is -2.31. The van der Waals surface area contributed by atoms with Crippen molar-refractivity contribution in [3.63, 3.8) is 0 Å². The number of rotatable bonds is 9. The van der Waals surface area contributed by atoms with E-state index in [2.05, 4.69) is 15.4 Å². The highest BCUT2D eigenvalue weighted by Gasteiger charge is 2.17. The molecule has 3 rings (SSSR count). The Bertz CT molecular complexity index is 1240. The number of carbonyl (C=O) groups is 2. The fourth-order valence-corrected chi connectivity index (χ4v) is 4.09. The third-order valence-corrected chi connectivity index (χ3v) is 6.11. The number of hydrogen-bond donors (Lipinski definition) is 3. The molecule has 0 atom stereocenters. The zero-order chi connectivity index (χ0) is 23.8. The molecule has 0 radical (unpaired) electrons. The lowest BCUT2D eigenvalue weighted by molar-refractivity contribution is -0.120. The number of amides is 2. The van der Waals surface area contributed by atoms with Crippen molar-refractivity contribution in [2.45, 2.75) is 18.4 Å². The second-order valence-electron chi connectivity index (χ2n) is 7.31. The number of ether oxygens (including phenoxy) is 1. The second kappa shape index (κ2) is 10.6. The summed E-state index contributed by atoms with van der Waals surface area (Å²) >= 11 is 0. The van der Waals surface area contributed by atoms with Crippen LogP contribution in [-0.2, 0) is 21.4 Å². The summed E-state index contributed by atoms with van der Waals surface area (Å²) in [5, 5.41) is 5.21. The van der Waals surface area contributed by atoms with Crippen LogP contribution >= 0.6 is 0 Å². The van der Waals surface area contributed by atoms with Gasteiger partial charge in [0.1, 0.15) is 5.75 Å². The van der Waals surface area contributed by atoms with Gasteiger partial charge in [0.05, 0.1) is 18.6 Å². The van der Waals surface area contributed by atoms with Crippen molar-refractivity contribution in [2.75, 3.05) is 18.4 Å². The molecule has 0 bridgehead atoms. The van der Waals surface area contributed by atoms with E-state index >= 15 is 0 Å². The minimum Gasteiger partial charge on any atom is -0.497 e. The molecule has 0 saturated heterocycles. The molecule has 3 aromatic carbocycles. The Hall–Kier alpha value is -3.85. The fourth-order valence-electron chi connectivity index (χ4n) is 3.00. The minimum absolute atomic E-state index is 0.0550. The number of methoxy groups -OCH3 is 1. The molecule has 0 saturated carbocycles. The van der Waals surface area contributed by atoms with E-state index < -0.39 is 15.9 Å². The van der Waals surface area contributed by atoms with Crippen molar-refractivity contribution in [3.8, 4) is 5.75 Å². The summed E-state index contributed by atoms with van der Waals surface area (Å²) in [5.74, 6) is -0.207. The molecule has 0 unspecified atom stereocenters. The van der Waals surface area contributed by atoms with Crippen molar-refractivity contribution in [1.82, 2.24) is 10.6 Å². The van der Waals surface area contributed by atoms with Crippen molar-refractivity contribution in [1.29, 1.82) is 0 Å². The normalized spacial score (nSPS) is 10.8. The van der Waals surface area contributed by atoms with Crippen LogP contribution in [0.1, 0.15) is 21.5 Å². The van der Waals surface area contributed by atoms with Gasteiger partial charge < -0.3 is 15.4 Å². The maximum absolute atomic E-state index is 12.7. The maximum Gasteiger partial charge on any atom is 0.261 e. The average molecular weight is 468 g/mol. The van der Waals surface area contributed by atoms with E-state index in [9.17, 15) is 18.0 Å². The van der Waals surface area contributed by atoms with E-state index in [1.165, 1.54) is 24.3 Å². The van der Waals surface area contributed by atoms with Crippen LogP contribution in [0.15, 0.2) is 77.7 Å². The number of carbonyl (C=O) groups excluding carboxylic acids is 2. The zero-order valence-corrected chi connectivity index (χ0v) is 19.1. The number of aryl methyl sites for hydroxylation is 1. The summed E-state index contributed by atoms with van der Waals surface area (Å²) in [6.07, 6.45) is 0. The molecule has 0 aliphatic carbocycles. The third-order valence-electron chi connectivity index (χ3n) is 4.74. The number of benzene rings is 3. The van der Waals surface area contributed by atoms with Gasteiger partial charge in [-0.05, 0) is 60.5 Å². The number of anilines is 1. The smallest absolute Gasteiger partial charge is 0.261 e. The molecule has 3 N–H and O–H groups in total. The Balaban J connectivity index is 1.56. The lowest BCUT2D eigenvalue weighted by Gasteiger charge is -2.11. The van der Waals surface area contributed by atoms with E-state index in [4.69, 9.17) is 4.74 Å². The molecule has 172 valence electrons. The van der Waals surface area contributed by atoms with Crippen LogP contribution in [-0.4, -0.2) is 33.9 Å². The van der Waals surface area contributed by atoms with E-state index in [1.54, 1.807) is 37.4 Å². The first-order valence-electron chi connectivity index (χ1n) is 10.1. The first-order chi connectivity index (χ1) is 15.8. The Morgan fingerprint density at radius 1 is 0.909 bits per heavy atom. The molecule has 8 nitrogen and oxygen atoms in total. The predicted molar refractivity (Wildman–Crippen MR) is 126 cm³/mol. The highest BCUT2D eigenvalue weighted by molar-refractivity contribution is 7.92. The molecule has 0 heterocycles. The van der Waals surface area contributed by atoms with Crippen LogP contribution in [0, 0.1) is 6.92 Å². The minimum atomic E-state index is -3.88. The van der Waals surface area contributed by atoms with Crippen molar-refractivity contribution < 1.29 is 22.7 Å². The summed E-state index contributed by atoms with van der Waals surface area (Å²) in [5.41, 5.74) is 2.35. The van der Waals surface area contributed by atoms with E-state index in [0.29, 0.717) is 12.2 Å². The topological polar surface area (TPSA) is 114 Å². The molecule has 0 spiro atoms. The van der Waals surface area contributed by atoms with Gasteiger partial charge in [-0.25, -0.2) is 8.42 Å². The average Bonchev–Trinajstić information content (AvgIpc) is 2.81. The van der Waals surface area contributed by atoms with Gasteiger partial charge >= 0.3 is 0 Å².